The van der Waals surface area contributed by atoms with Crippen LogP contribution in [0.1, 0.15) is 51.4 Å². The van der Waals surface area contributed by atoms with Crippen molar-refractivity contribution in [2.75, 3.05) is 26.2 Å². The van der Waals surface area contributed by atoms with Crippen molar-refractivity contribution in [3.63, 3.8) is 0 Å². The standard InChI is InChI=1S/C17H32N4O/c18-15-7-2-1-3-8-20-17(22)16-12-19-9-10-21(16)14-6-4-5-13(15)11-14/h13-16,19H,1-12,18H2,(H,20,22)/t13?,14?,15-,16-/m0/s1. The lowest BCUT2D eigenvalue weighted by molar-refractivity contribution is -0.128. The minimum Gasteiger partial charge on any atom is -0.355 e. The summed E-state index contributed by atoms with van der Waals surface area (Å²) in [6.45, 7) is 3.59. The van der Waals surface area contributed by atoms with Gasteiger partial charge >= 0.3 is 0 Å². The van der Waals surface area contributed by atoms with E-state index in [1.807, 2.05) is 0 Å². The number of nitrogens with one attached hydrogen (secondary N) is 2. The van der Waals surface area contributed by atoms with Gasteiger partial charge in [-0.2, -0.15) is 0 Å². The number of carbonyl (C=O) groups excluding carboxylic acids is 1. The van der Waals surface area contributed by atoms with Crippen LogP contribution in [0.3, 0.4) is 0 Å². The smallest absolute Gasteiger partial charge is 0.238 e. The molecule has 2 bridgehead atoms. The first kappa shape index (κ1) is 16.2. The Kier molecular flexibility index (Phi) is 5.71. The van der Waals surface area contributed by atoms with E-state index in [1.165, 1.54) is 38.5 Å². The predicted molar refractivity (Wildman–Crippen MR) is 88.6 cm³/mol. The SMILES string of the molecule is N[C@H]1CCCCCNC(=O)[C@@H]2CNCCN2C2CCCC1C2. The van der Waals surface area contributed by atoms with Crippen molar-refractivity contribution in [2.45, 2.75) is 69.5 Å². The van der Waals surface area contributed by atoms with Crippen LogP contribution in [0.25, 0.3) is 0 Å². The van der Waals surface area contributed by atoms with E-state index in [-0.39, 0.29) is 11.9 Å². The summed E-state index contributed by atoms with van der Waals surface area (Å²) >= 11 is 0. The van der Waals surface area contributed by atoms with Crippen LogP contribution in [-0.2, 0) is 4.79 Å². The third kappa shape index (κ3) is 3.81. The second-order valence-electron chi connectivity index (χ2n) is 7.34. The van der Waals surface area contributed by atoms with Crippen LogP contribution in [0, 0.1) is 5.92 Å². The number of hydrogen-bond donors (Lipinski definition) is 3. The molecule has 4 atom stereocenters. The van der Waals surface area contributed by atoms with E-state index in [2.05, 4.69) is 15.5 Å². The average molecular weight is 308 g/mol. The second kappa shape index (κ2) is 7.75. The monoisotopic (exact) mass is 308 g/mol. The third-order valence-electron chi connectivity index (χ3n) is 5.86. The topological polar surface area (TPSA) is 70.4 Å². The van der Waals surface area contributed by atoms with Gasteiger partial charge in [-0.15, -0.1) is 0 Å². The number of carbonyl (C=O) groups is 1. The van der Waals surface area contributed by atoms with Gasteiger partial charge in [-0.25, -0.2) is 0 Å². The lowest BCUT2D eigenvalue weighted by atomic mass is 9.79. The average Bonchev–Trinajstić information content (AvgIpc) is 2.57. The molecule has 1 aliphatic carbocycles. The summed E-state index contributed by atoms with van der Waals surface area (Å²) in [5.41, 5.74) is 6.49. The number of amides is 1. The summed E-state index contributed by atoms with van der Waals surface area (Å²) in [7, 11) is 0. The van der Waals surface area contributed by atoms with Crippen molar-refractivity contribution in [3.05, 3.63) is 0 Å². The van der Waals surface area contributed by atoms with Gasteiger partial charge in [0.15, 0.2) is 0 Å². The molecule has 22 heavy (non-hydrogen) atoms. The van der Waals surface area contributed by atoms with E-state index in [0.717, 1.165) is 39.0 Å². The maximum absolute atomic E-state index is 12.6. The molecule has 3 aliphatic rings. The van der Waals surface area contributed by atoms with Crippen LogP contribution in [0.5, 0.6) is 0 Å². The first-order valence-corrected chi connectivity index (χ1v) is 9.25. The second-order valence-corrected chi connectivity index (χ2v) is 7.34. The summed E-state index contributed by atoms with van der Waals surface area (Å²) < 4.78 is 0. The van der Waals surface area contributed by atoms with Crippen LogP contribution in [0.4, 0.5) is 0 Å². The highest BCUT2D eigenvalue weighted by molar-refractivity contribution is 5.82. The van der Waals surface area contributed by atoms with E-state index < -0.39 is 0 Å². The molecule has 5 nitrogen and oxygen atoms in total. The number of fused-ring (bicyclic) bond motifs is 4. The maximum Gasteiger partial charge on any atom is 0.238 e. The van der Waals surface area contributed by atoms with Gasteiger partial charge in [0, 0.05) is 38.3 Å². The lowest BCUT2D eigenvalue weighted by Gasteiger charge is -2.44. The molecule has 3 fully saturated rings. The Bertz CT molecular complexity index is 376. The molecular formula is C17H32N4O. The number of hydrogen-bond acceptors (Lipinski definition) is 4. The van der Waals surface area contributed by atoms with Gasteiger partial charge in [0.25, 0.3) is 0 Å². The molecule has 5 heteroatoms. The van der Waals surface area contributed by atoms with E-state index in [0.29, 0.717) is 18.0 Å². The molecule has 2 unspecified atom stereocenters. The third-order valence-corrected chi connectivity index (χ3v) is 5.86. The molecule has 0 aromatic heterocycles. The van der Waals surface area contributed by atoms with Crippen LogP contribution in [0.15, 0.2) is 0 Å². The fourth-order valence-electron chi connectivity index (χ4n) is 4.54. The summed E-state index contributed by atoms with van der Waals surface area (Å²) in [6.07, 6.45) is 9.56. The van der Waals surface area contributed by atoms with E-state index in [1.54, 1.807) is 0 Å². The van der Waals surface area contributed by atoms with Crippen molar-refractivity contribution in [2.24, 2.45) is 11.7 Å². The number of nitrogens with zero attached hydrogens (tertiary/aromatic N) is 1. The molecule has 1 amide bonds. The van der Waals surface area contributed by atoms with E-state index in [4.69, 9.17) is 5.73 Å². The van der Waals surface area contributed by atoms with Crippen molar-refractivity contribution in [1.29, 1.82) is 0 Å². The molecular weight excluding hydrogens is 276 g/mol. The van der Waals surface area contributed by atoms with Crippen molar-refractivity contribution >= 4 is 5.91 Å². The summed E-state index contributed by atoms with van der Waals surface area (Å²) in [4.78, 5) is 15.0. The zero-order valence-corrected chi connectivity index (χ0v) is 13.7. The highest BCUT2D eigenvalue weighted by atomic mass is 16.2. The summed E-state index contributed by atoms with van der Waals surface area (Å²) in [5.74, 6) is 0.871. The Hall–Kier alpha value is -0.650. The quantitative estimate of drug-likeness (QED) is 0.620. The Balaban J connectivity index is 1.75. The molecule has 4 N–H and O–H groups in total. The molecule has 2 saturated heterocycles. The number of nitrogens with two attached hydrogens (primary N) is 1. The summed E-state index contributed by atoms with van der Waals surface area (Å²) in [5, 5.41) is 6.55. The molecule has 2 aliphatic heterocycles. The molecule has 0 aromatic rings. The van der Waals surface area contributed by atoms with Gasteiger partial charge in [-0.3, -0.25) is 9.69 Å². The Morgan fingerprint density at radius 3 is 2.86 bits per heavy atom. The number of piperazine rings is 1. The van der Waals surface area contributed by atoms with E-state index >= 15 is 0 Å². The maximum atomic E-state index is 12.6. The minimum absolute atomic E-state index is 0.00878. The Labute approximate surface area is 134 Å². The molecule has 0 radical (unpaired) electrons. The fourth-order valence-corrected chi connectivity index (χ4v) is 4.54. The molecule has 2 heterocycles. The minimum atomic E-state index is 0.00878. The Morgan fingerprint density at radius 2 is 1.95 bits per heavy atom. The molecule has 126 valence electrons. The van der Waals surface area contributed by atoms with Crippen LogP contribution >= 0.6 is 0 Å². The van der Waals surface area contributed by atoms with Crippen molar-refractivity contribution < 1.29 is 4.79 Å². The van der Waals surface area contributed by atoms with Crippen molar-refractivity contribution in [3.8, 4) is 0 Å². The van der Waals surface area contributed by atoms with Gasteiger partial charge in [-0.05, 0) is 38.0 Å². The van der Waals surface area contributed by atoms with E-state index in [9.17, 15) is 4.79 Å². The van der Waals surface area contributed by atoms with Crippen LogP contribution in [0.2, 0.25) is 0 Å². The van der Waals surface area contributed by atoms with Gasteiger partial charge in [0.1, 0.15) is 6.04 Å². The first-order chi connectivity index (χ1) is 10.8. The predicted octanol–water partition coefficient (Wildman–Crippen LogP) is 0.837. The molecule has 3 rings (SSSR count). The zero-order valence-electron chi connectivity index (χ0n) is 13.7. The Morgan fingerprint density at radius 1 is 1.05 bits per heavy atom. The normalized spacial score (nSPS) is 38.9. The lowest BCUT2D eigenvalue weighted by Crippen LogP contribution is -2.61. The summed E-state index contributed by atoms with van der Waals surface area (Å²) in [6, 6.07) is 0.909. The van der Waals surface area contributed by atoms with Crippen LogP contribution in [-0.4, -0.2) is 55.1 Å². The molecule has 0 spiro atoms. The largest absolute Gasteiger partial charge is 0.355 e. The highest BCUT2D eigenvalue weighted by Crippen LogP contribution is 2.32. The highest BCUT2D eigenvalue weighted by Gasteiger charge is 2.37. The fraction of sp³-hybridized carbons (Fsp3) is 0.941. The molecule has 1 saturated carbocycles. The van der Waals surface area contributed by atoms with Gasteiger partial charge in [0.2, 0.25) is 5.91 Å². The van der Waals surface area contributed by atoms with Gasteiger partial charge in [-0.1, -0.05) is 19.3 Å². The van der Waals surface area contributed by atoms with Crippen molar-refractivity contribution in [1.82, 2.24) is 15.5 Å². The van der Waals surface area contributed by atoms with Gasteiger partial charge < -0.3 is 16.4 Å². The number of rotatable bonds is 0. The molecule has 0 aromatic carbocycles. The first-order valence-electron chi connectivity index (χ1n) is 9.25. The zero-order chi connectivity index (χ0) is 15.4. The van der Waals surface area contributed by atoms with Crippen LogP contribution < -0.4 is 16.4 Å². The van der Waals surface area contributed by atoms with Gasteiger partial charge in [0.05, 0.1) is 0 Å².